The molecule has 1 saturated heterocycles. The van der Waals surface area contributed by atoms with Gasteiger partial charge in [-0.3, -0.25) is 14.4 Å². The first-order chi connectivity index (χ1) is 21.0. The zero-order valence-electron chi connectivity index (χ0n) is 24.3. The Labute approximate surface area is 258 Å². The highest BCUT2D eigenvalue weighted by atomic mass is 35.5. The van der Waals surface area contributed by atoms with Crippen molar-refractivity contribution in [3.05, 3.63) is 95.3 Å². The van der Waals surface area contributed by atoms with Crippen molar-refractivity contribution in [1.29, 1.82) is 0 Å². The zero-order chi connectivity index (χ0) is 31.4. The van der Waals surface area contributed by atoms with Crippen molar-refractivity contribution in [3.63, 3.8) is 0 Å². The Balaban J connectivity index is 1.41. The van der Waals surface area contributed by atoms with E-state index in [0.29, 0.717) is 22.1 Å². The number of esters is 1. The lowest BCUT2D eigenvalue weighted by atomic mass is 10.0. The molecular formula is C31H30ClN7O5. The monoisotopic (exact) mass is 615 g/mol. The van der Waals surface area contributed by atoms with Gasteiger partial charge >= 0.3 is 17.8 Å². The number of carbonyl (C=O) groups excluding carboxylic acids is 4. The van der Waals surface area contributed by atoms with Gasteiger partial charge in [0.05, 0.1) is 16.9 Å². The van der Waals surface area contributed by atoms with Gasteiger partial charge in [-0.1, -0.05) is 48.0 Å². The normalized spacial score (nSPS) is 14.4. The Morgan fingerprint density at radius 2 is 1.73 bits per heavy atom. The number of aromatic nitrogens is 4. The summed E-state index contributed by atoms with van der Waals surface area (Å²) in [4.78, 5) is 56.3. The highest BCUT2D eigenvalue weighted by Crippen LogP contribution is 2.30. The molecule has 3 aromatic carbocycles. The number of halogens is 1. The van der Waals surface area contributed by atoms with E-state index in [1.807, 2.05) is 30.3 Å². The number of benzene rings is 3. The lowest BCUT2D eigenvalue weighted by molar-refractivity contribution is -0.149. The van der Waals surface area contributed by atoms with Crippen molar-refractivity contribution in [2.75, 3.05) is 23.3 Å². The van der Waals surface area contributed by atoms with Crippen molar-refractivity contribution in [1.82, 2.24) is 25.1 Å². The molecule has 12 nitrogen and oxygen atoms in total. The average Bonchev–Trinajstić information content (AvgIpc) is 3.52. The first kappa shape index (κ1) is 30.4. The predicted octanol–water partition coefficient (Wildman–Crippen LogP) is 3.70. The smallest absolute Gasteiger partial charge is 0.338 e. The summed E-state index contributed by atoms with van der Waals surface area (Å²) in [5.41, 5.74) is 1.53. The second-order valence-corrected chi connectivity index (χ2v) is 11.6. The van der Waals surface area contributed by atoms with Gasteiger partial charge in [0, 0.05) is 30.2 Å². The molecule has 0 spiro atoms. The predicted molar refractivity (Wildman–Crippen MR) is 162 cm³/mol. The minimum Gasteiger partial charge on any atom is -0.456 e. The van der Waals surface area contributed by atoms with Crippen molar-refractivity contribution in [3.8, 4) is 5.69 Å². The summed E-state index contributed by atoms with van der Waals surface area (Å²) in [7, 11) is 0. The van der Waals surface area contributed by atoms with E-state index < -0.39 is 35.3 Å². The number of nitrogens with zero attached hydrogens (tertiary/aromatic N) is 6. The van der Waals surface area contributed by atoms with E-state index in [-0.39, 0.29) is 25.1 Å². The second-order valence-electron chi connectivity index (χ2n) is 11.1. The standard InChI is InChI=1S/C31H30ClN7O5/c1-31(2,3)44-30(43)21-10-7-11-23(17-21)34-27(40)26(16-20-8-5-4-6-9-20)38-15-14-37(28(41)29(38)42)25-18-22(32)12-13-24(25)39-19-33-35-36-39/h4-13,17-19,26H,14-16H2,1-3H3,(H,34,40)/t26-/m0/s1. The van der Waals surface area contributed by atoms with Gasteiger partial charge < -0.3 is 19.9 Å². The summed E-state index contributed by atoms with van der Waals surface area (Å²) in [5.74, 6) is -2.72. The van der Waals surface area contributed by atoms with Crippen molar-refractivity contribution in [2.24, 2.45) is 0 Å². The van der Waals surface area contributed by atoms with Gasteiger partial charge in [-0.25, -0.2) is 4.79 Å². The Hall–Kier alpha value is -5.10. The maximum Gasteiger partial charge on any atom is 0.338 e. The molecule has 0 unspecified atom stereocenters. The fraction of sp³-hybridized carbons (Fsp3) is 0.258. The number of ether oxygens (including phenoxy) is 1. The van der Waals surface area contributed by atoms with Crippen LogP contribution in [0.3, 0.4) is 0 Å². The van der Waals surface area contributed by atoms with Crippen molar-refractivity contribution in [2.45, 2.75) is 38.8 Å². The first-order valence-electron chi connectivity index (χ1n) is 13.8. The number of amides is 3. The van der Waals surface area contributed by atoms with Gasteiger partial charge in [0.25, 0.3) is 0 Å². The van der Waals surface area contributed by atoms with Crippen LogP contribution in [0.25, 0.3) is 5.69 Å². The molecule has 1 aliphatic heterocycles. The molecule has 0 radical (unpaired) electrons. The third-order valence-corrected chi connectivity index (χ3v) is 7.03. The van der Waals surface area contributed by atoms with Gasteiger partial charge in [-0.15, -0.1) is 5.10 Å². The lowest BCUT2D eigenvalue weighted by Gasteiger charge is -2.38. The molecule has 5 rings (SSSR count). The van der Waals surface area contributed by atoms with E-state index in [4.69, 9.17) is 16.3 Å². The van der Waals surface area contributed by atoms with Gasteiger partial charge in [0.2, 0.25) is 5.91 Å². The molecule has 44 heavy (non-hydrogen) atoms. The molecule has 13 heteroatoms. The molecular weight excluding hydrogens is 586 g/mol. The number of hydrogen-bond acceptors (Lipinski definition) is 8. The molecule has 4 aromatic rings. The van der Waals surface area contributed by atoms with Crippen LogP contribution in [0.15, 0.2) is 79.1 Å². The van der Waals surface area contributed by atoms with Crippen LogP contribution in [-0.4, -0.2) is 73.5 Å². The van der Waals surface area contributed by atoms with Crippen LogP contribution in [0.1, 0.15) is 36.7 Å². The molecule has 226 valence electrons. The van der Waals surface area contributed by atoms with E-state index in [9.17, 15) is 19.2 Å². The summed E-state index contributed by atoms with van der Waals surface area (Å²) in [5, 5.41) is 14.4. The average molecular weight is 616 g/mol. The minimum absolute atomic E-state index is 0.0645. The Bertz CT molecular complexity index is 1690. The summed E-state index contributed by atoms with van der Waals surface area (Å²) in [6.07, 6.45) is 1.53. The minimum atomic E-state index is -1.03. The van der Waals surface area contributed by atoms with E-state index in [0.717, 1.165) is 5.56 Å². The van der Waals surface area contributed by atoms with E-state index in [1.165, 1.54) is 26.9 Å². The van der Waals surface area contributed by atoms with Gasteiger partial charge in [0.1, 0.15) is 18.0 Å². The van der Waals surface area contributed by atoms with E-state index in [2.05, 4.69) is 20.8 Å². The van der Waals surface area contributed by atoms with Crippen LogP contribution < -0.4 is 10.2 Å². The molecule has 0 saturated carbocycles. The number of piperazine rings is 1. The van der Waals surface area contributed by atoms with Crippen LogP contribution in [0.4, 0.5) is 11.4 Å². The van der Waals surface area contributed by atoms with E-state index >= 15 is 0 Å². The van der Waals surface area contributed by atoms with Crippen molar-refractivity contribution >= 4 is 46.7 Å². The maximum atomic E-state index is 13.8. The third-order valence-electron chi connectivity index (χ3n) is 6.79. The summed E-state index contributed by atoms with van der Waals surface area (Å²) < 4.78 is 6.82. The number of rotatable bonds is 8. The van der Waals surface area contributed by atoms with E-state index in [1.54, 1.807) is 57.2 Å². The molecule has 1 atom stereocenters. The molecule has 2 heterocycles. The summed E-state index contributed by atoms with van der Waals surface area (Å²) in [6.45, 7) is 5.45. The zero-order valence-corrected chi connectivity index (χ0v) is 25.1. The lowest BCUT2D eigenvalue weighted by Crippen LogP contribution is -2.60. The van der Waals surface area contributed by atoms with Crippen LogP contribution in [0.2, 0.25) is 5.02 Å². The molecule has 1 fully saturated rings. The van der Waals surface area contributed by atoms with Crippen LogP contribution in [0, 0.1) is 0 Å². The van der Waals surface area contributed by atoms with Crippen LogP contribution in [-0.2, 0) is 25.5 Å². The quantitative estimate of drug-likeness (QED) is 0.234. The number of carbonyl (C=O) groups is 4. The Kier molecular flexibility index (Phi) is 8.72. The largest absolute Gasteiger partial charge is 0.456 e. The fourth-order valence-electron chi connectivity index (χ4n) is 4.82. The van der Waals surface area contributed by atoms with Crippen LogP contribution in [0.5, 0.6) is 0 Å². The molecule has 1 aromatic heterocycles. The second kappa shape index (κ2) is 12.6. The molecule has 0 bridgehead atoms. The number of tetrazole rings is 1. The highest BCUT2D eigenvalue weighted by molar-refractivity contribution is 6.41. The highest BCUT2D eigenvalue weighted by Gasteiger charge is 2.40. The number of hydrogen-bond donors (Lipinski definition) is 1. The van der Waals surface area contributed by atoms with Gasteiger partial charge in [0.15, 0.2) is 0 Å². The van der Waals surface area contributed by atoms with Crippen LogP contribution >= 0.6 is 11.6 Å². The number of nitrogens with one attached hydrogen (secondary N) is 1. The molecule has 1 N–H and O–H groups in total. The SMILES string of the molecule is CC(C)(C)OC(=O)c1cccc(NC(=O)[C@H](Cc2ccccc2)N2CCN(c3cc(Cl)ccc3-n3cnnn3)C(=O)C2=O)c1. The molecule has 1 aliphatic rings. The van der Waals surface area contributed by atoms with Crippen molar-refractivity contribution < 1.29 is 23.9 Å². The molecule has 3 amide bonds. The summed E-state index contributed by atoms with van der Waals surface area (Å²) in [6, 6.07) is 19.4. The maximum absolute atomic E-state index is 13.8. The molecule has 0 aliphatic carbocycles. The van der Waals surface area contributed by atoms with Gasteiger partial charge in [-0.2, -0.15) is 4.68 Å². The fourth-order valence-corrected chi connectivity index (χ4v) is 4.99. The Morgan fingerprint density at radius 1 is 0.955 bits per heavy atom. The Morgan fingerprint density at radius 3 is 2.43 bits per heavy atom. The first-order valence-corrected chi connectivity index (χ1v) is 14.2. The topological polar surface area (TPSA) is 140 Å². The summed E-state index contributed by atoms with van der Waals surface area (Å²) >= 11 is 6.26. The third kappa shape index (κ3) is 6.92. The number of anilines is 2. The van der Waals surface area contributed by atoms with Gasteiger partial charge in [-0.05, 0) is 73.2 Å².